The van der Waals surface area contributed by atoms with Crippen molar-refractivity contribution in [3.05, 3.63) is 23.5 Å². The van der Waals surface area contributed by atoms with E-state index in [9.17, 15) is 4.79 Å². The minimum Gasteiger partial charge on any atom is -0.478 e. The summed E-state index contributed by atoms with van der Waals surface area (Å²) in [6, 6.07) is 1.63. The van der Waals surface area contributed by atoms with E-state index in [-0.39, 0.29) is 0 Å². The zero-order valence-corrected chi connectivity index (χ0v) is 8.49. The highest BCUT2D eigenvalue weighted by Crippen LogP contribution is 2.10. The number of aromatic nitrogens is 1. The van der Waals surface area contributed by atoms with Crippen molar-refractivity contribution in [3.63, 3.8) is 0 Å². The van der Waals surface area contributed by atoms with Crippen molar-refractivity contribution < 1.29 is 14.6 Å². The van der Waals surface area contributed by atoms with Crippen LogP contribution < -0.4 is 0 Å². The van der Waals surface area contributed by atoms with E-state index < -0.39 is 5.97 Å². The molecule has 1 heterocycles. The number of aryl methyl sites for hydroxylation is 1. The molecule has 0 atom stereocenters. The van der Waals surface area contributed by atoms with Gasteiger partial charge < -0.3 is 14.4 Å². The molecule has 1 aromatic rings. The van der Waals surface area contributed by atoms with Gasteiger partial charge >= 0.3 is 5.97 Å². The van der Waals surface area contributed by atoms with Crippen LogP contribution in [0.25, 0.3) is 0 Å². The predicted octanol–water partition coefficient (Wildman–Crippen LogP) is 1.53. The number of carboxylic acids is 1. The molecular weight excluding hydrogens is 182 g/mol. The van der Waals surface area contributed by atoms with Gasteiger partial charge in [0.2, 0.25) is 0 Å². The van der Waals surface area contributed by atoms with Gasteiger partial charge in [-0.3, -0.25) is 0 Å². The molecule has 0 unspecified atom stereocenters. The van der Waals surface area contributed by atoms with Crippen LogP contribution in [0.4, 0.5) is 0 Å². The average Bonchev–Trinajstić information content (AvgIpc) is 2.48. The maximum Gasteiger partial charge on any atom is 0.337 e. The molecule has 1 aromatic heterocycles. The Balaban J connectivity index is 2.65. The summed E-state index contributed by atoms with van der Waals surface area (Å²) in [4.78, 5) is 10.7. The number of ether oxygens (including phenoxy) is 1. The first kappa shape index (κ1) is 10.8. The molecule has 0 aliphatic heterocycles. The van der Waals surface area contributed by atoms with Gasteiger partial charge in [-0.05, 0) is 19.4 Å². The standard InChI is InChI=1S/C10H15NO3/c1-8-9(10(12)13)4-6-11(8)5-3-7-14-2/h4,6H,3,5,7H2,1-2H3,(H,12,13). The Kier molecular flexibility index (Phi) is 3.71. The highest BCUT2D eigenvalue weighted by atomic mass is 16.5. The van der Waals surface area contributed by atoms with Gasteiger partial charge in [0.25, 0.3) is 0 Å². The minimum atomic E-state index is -0.868. The zero-order valence-electron chi connectivity index (χ0n) is 8.49. The quantitative estimate of drug-likeness (QED) is 0.728. The highest BCUT2D eigenvalue weighted by molar-refractivity contribution is 5.88. The van der Waals surface area contributed by atoms with Crippen LogP contribution in [-0.4, -0.2) is 29.4 Å². The van der Waals surface area contributed by atoms with E-state index >= 15 is 0 Å². The van der Waals surface area contributed by atoms with Gasteiger partial charge in [-0.1, -0.05) is 0 Å². The molecule has 4 nitrogen and oxygen atoms in total. The van der Waals surface area contributed by atoms with Crippen molar-refractivity contribution in [2.75, 3.05) is 13.7 Å². The molecule has 1 N–H and O–H groups in total. The van der Waals surface area contributed by atoms with E-state index in [4.69, 9.17) is 9.84 Å². The number of hydrogen-bond donors (Lipinski definition) is 1. The van der Waals surface area contributed by atoms with Crippen LogP contribution in [0.2, 0.25) is 0 Å². The van der Waals surface area contributed by atoms with Gasteiger partial charge in [-0.15, -0.1) is 0 Å². The summed E-state index contributed by atoms with van der Waals surface area (Å²) in [5.41, 5.74) is 1.18. The molecule has 0 bridgehead atoms. The van der Waals surface area contributed by atoms with Crippen molar-refractivity contribution in [1.82, 2.24) is 4.57 Å². The van der Waals surface area contributed by atoms with E-state index in [0.717, 1.165) is 18.7 Å². The highest BCUT2D eigenvalue weighted by Gasteiger charge is 2.10. The summed E-state index contributed by atoms with van der Waals surface area (Å²) in [5, 5.41) is 8.81. The third-order valence-electron chi connectivity index (χ3n) is 2.22. The molecule has 1 rings (SSSR count). The van der Waals surface area contributed by atoms with E-state index in [1.165, 1.54) is 0 Å². The molecule has 0 aromatic carbocycles. The second-order valence-electron chi connectivity index (χ2n) is 3.16. The third-order valence-corrected chi connectivity index (χ3v) is 2.22. The topological polar surface area (TPSA) is 51.5 Å². The van der Waals surface area contributed by atoms with Crippen LogP contribution in [0.15, 0.2) is 12.3 Å². The SMILES string of the molecule is COCCCn1ccc(C(=O)O)c1C. The molecule has 0 saturated heterocycles. The summed E-state index contributed by atoms with van der Waals surface area (Å²) in [6.07, 6.45) is 2.69. The second-order valence-corrected chi connectivity index (χ2v) is 3.16. The summed E-state index contributed by atoms with van der Waals surface area (Å²) >= 11 is 0. The van der Waals surface area contributed by atoms with Gasteiger partial charge in [0.1, 0.15) is 0 Å². The predicted molar refractivity (Wildman–Crippen MR) is 52.6 cm³/mol. The molecule has 0 aliphatic carbocycles. The van der Waals surface area contributed by atoms with Crippen LogP contribution >= 0.6 is 0 Å². The van der Waals surface area contributed by atoms with Crippen molar-refractivity contribution in [2.45, 2.75) is 19.9 Å². The number of carboxylic acid groups (broad SMARTS) is 1. The molecule has 0 radical (unpaired) electrons. The summed E-state index contributed by atoms with van der Waals surface area (Å²) < 4.78 is 6.86. The lowest BCUT2D eigenvalue weighted by atomic mass is 10.2. The maximum absolute atomic E-state index is 10.7. The van der Waals surface area contributed by atoms with E-state index in [1.54, 1.807) is 19.4 Å². The Hall–Kier alpha value is -1.29. The van der Waals surface area contributed by atoms with Gasteiger partial charge in [0.15, 0.2) is 0 Å². The average molecular weight is 197 g/mol. The minimum absolute atomic E-state index is 0.377. The monoisotopic (exact) mass is 197 g/mol. The number of carbonyl (C=O) groups is 1. The van der Waals surface area contributed by atoms with Crippen molar-refractivity contribution >= 4 is 5.97 Å². The Morgan fingerprint density at radius 3 is 2.86 bits per heavy atom. The van der Waals surface area contributed by atoms with Crippen LogP contribution in [-0.2, 0) is 11.3 Å². The molecular formula is C10H15NO3. The van der Waals surface area contributed by atoms with Gasteiger partial charge in [-0.2, -0.15) is 0 Å². The van der Waals surface area contributed by atoms with E-state index in [1.807, 2.05) is 11.5 Å². The Morgan fingerprint density at radius 2 is 2.36 bits per heavy atom. The molecule has 0 saturated carbocycles. The number of aromatic carboxylic acids is 1. The smallest absolute Gasteiger partial charge is 0.337 e. The number of hydrogen-bond acceptors (Lipinski definition) is 2. The normalized spacial score (nSPS) is 10.4. The summed E-state index contributed by atoms with van der Waals surface area (Å²) in [6.45, 7) is 3.31. The van der Waals surface area contributed by atoms with Gasteiger partial charge in [0.05, 0.1) is 5.56 Å². The second kappa shape index (κ2) is 4.81. The lowest BCUT2D eigenvalue weighted by molar-refractivity contribution is 0.0696. The molecule has 78 valence electrons. The Labute approximate surface area is 83.1 Å². The summed E-state index contributed by atoms with van der Waals surface area (Å²) in [7, 11) is 1.66. The fraction of sp³-hybridized carbons (Fsp3) is 0.500. The van der Waals surface area contributed by atoms with E-state index in [0.29, 0.717) is 12.2 Å². The van der Waals surface area contributed by atoms with Crippen LogP contribution in [0, 0.1) is 6.92 Å². The van der Waals surface area contributed by atoms with Crippen LogP contribution in [0.3, 0.4) is 0 Å². The summed E-state index contributed by atoms with van der Waals surface area (Å²) in [5.74, 6) is -0.868. The van der Waals surface area contributed by atoms with Crippen LogP contribution in [0.1, 0.15) is 22.5 Å². The number of nitrogens with zero attached hydrogens (tertiary/aromatic N) is 1. The molecule has 0 spiro atoms. The van der Waals surface area contributed by atoms with E-state index in [2.05, 4.69) is 0 Å². The Bertz CT molecular complexity index is 317. The molecule has 0 amide bonds. The first-order valence-electron chi connectivity index (χ1n) is 4.54. The first-order chi connectivity index (χ1) is 6.66. The Morgan fingerprint density at radius 1 is 1.64 bits per heavy atom. The zero-order chi connectivity index (χ0) is 10.6. The van der Waals surface area contributed by atoms with Crippen LogP contribution in [0.5, 0.6) is 0 Å². The fourth-order valence-electron chi connectivity index (χ4n) is 1.40. The molecule has 0 aliphatic rings. The van der Waals surface area contributed by atoms with Crippen molar-refractivity contribution in [1.29, 1.82) is 0 Å². The van der Waals surface area contributed by atoms with Crippen molar-refractivity contribution in [3.8, 4) is 0 Å². The maximum atomic E-state index is 10.7. The van der Waals surface area contributed by atoms with Gasteiger partial charge in [0, 0.05) is 32.2 Å². The number of methoxy groups -OCH3 is 1. The number of rotatable bonds is 5. The third kappa shape index (κ3) is 2.35. The van der Waals surface area contributed by atoms with Crippen molar-refractivity contribution in [2.24, 2.45) is 0 Å². The fourth-order valence-corrected chi connectivity index (χ4v) is 1.40. The molecule has 4 heteroatoms. The lowest BCUT2D eigenvalue weighted by Crippen LogP contribution is -2.04. The molecule has 0 fully saturated rings. The largest absolute Gasteiger partial charge is 0.478 e. The molecule has 14 heavy (non-hydrogen) atoms. The lowest BCUT2D eigenvalue weighted by Gasteiger charge is -2.05. The van der Waals surface area contributed by atoms with Gasteiger partial charge in [-0.25, -0.2) is 4.79 Å². The first-order valence-corrected chi connectivity index (χ1v) is 4.54.